The molecule has 3 rings (SSSR count). The van der Waals surface area contributed by atoms with E-state index in [2.05, 4.69) is 14.9 Å². The van der Waals surface area contributed by atoms with Crippen molar-refractivity contribution in [2.24, 2.45) is 0 Å². The van der Waals surface area contributed by atoms with Crippen molar-refractivity contribution in [3.63, 3.8) is 0 Å². The second kappa shape index (κ2) is 4.17. The van der Waals surface area contributed by atoms with Gasteiger partial charge in [-0.05, 0) is 38.6 Å². The zero-order chi connectivity index (χ0) is 12.7. The summed E-state index contributed by atoms with van der Waals surface area (Å²) in [5, 5.41) is 0.828. The summed E-state index contributed by atoms with van der Waals surface area (Å²) in [6.07, 6.45) is 2.11. The van der Waals surface area contributed by atoms with Crippen molar-refractivity contribution < 1.29 is 4.39 Å². The molecule has 1 saturated heterocycles. The fourth-order valence-corrected chi connectivity index (χ4v) is 2.68. The Kier molecular flexibility index (Phi) is 2.63. The van der Waals surface area contributed by atoms with E-state index in [1.165, 1.54) is 12.1 Å². The molecule has 1 atom stereocenters. The van der Waals surface area contributed by atoms with Crippen LogP contribution in [0.3, 0.4) is 0 Å². The molecular weight excluding hydrogens is 233 g/mol. The molecule has 5 heteroatoms. The van der Waals surface area contributed by atoms with Gasteiger partial charge in [0.2, 0.25) is 0 Å². The highest BCUT2D eigenvalue weighted by Gasteiger charge is 2.25. The molecule has 2 heterocycles. The largest absolute Gasteiger partial charge is 0.345 e. The van der Waals surface area contributed by atoms with Crippen LogP contribution in [0, 0.1) is 5.82 Å². The lowest BCUT2D eigenvalue weighted by molar-refractivity contribution is 0.313. The Balaban J connectivity index is 2.24. The van der Waals surface area contributed by atoms with E-state index in [0.29, 0.717) is 5.52 Å². The number of hydrogen-bond acceptors (Lipinski definition) is 3. The van der Waals surface area contributed by atoms with Gasteiger partial charge >= 0.3 is 5.69 Å². The Hall–Kier alpha value is -1.75. The van der Waals surface area contributed by atoms with Crippen LogP contribution >= 0.6 is 0 Å². The molecule has 1 unspecified atom stereocenters. The van der Waals surface area contributed by atoms with Crippen LogP contribution in [0.2, 0.25) is 0 Å². The maximum Gasteiger partial charge on any atom is 0.345 e. The molecule has 1 aliphatic heterocycles. The van der Waals surface area contributed by atoms with Crippen molar-refractivity contribution >= 4 is 10.9 Å². The molecule has 1 fully saturated rings. The van der Waals surface area contributed by atoms with E-state index in [0.717, 1.165) is 30.5 Å². The van der Waals surface area contributed by atoms with Crippen LogP contribution in [-0.2, 0) is 0 Å². The molecule has 1 aromatic carbocycles. The quantitative estimate of drug-likeness (QED) is 0.836. The number of aromatic amines is 1. The fraction of sp³-hybridized carbons (Fsp3) is 0.385. The van der Waals surface area contributed by atoms with Crippen molar-refractivity contribution in [1.29, 1.82) is 0 Å². The van der Waals surface area contributed by atoms with Crippen molar-refractivity contribution in [3.05, 3.63) is 40.2 Å². The lowest BCUT2D eigenvalue weighted by atomic mass is 10.1. The number of rotatable bonds is 1. The first-order valence-electron chi connectivity index (χ1n) is 6.05. The fourth-order valence-electron chi connectivity index (χ4n) is 2.68. The summed E-state index contributed by atoms with van der Waals surface area (Å²) in [5.74, 6) is -0.369. The number of halogens is 1. The average molecular weight is 247 g/mol. The SMILES string of the molecule is CN1CCCC1c1[nH]c(=O)nc2cc(F)ccc12. The van der Waals surface area contributed by atoms with E-state index in [4.69, 9.17) is 0 Å². The van der Waals surface area contributed by atoms with Gasteiger partial charge in [0.1, 0.15) is 5.82 Å². The molecule has 1 aliphatic rings. The Morgan fingerprint density at radius 3 is 3.06 bits per heavy atom. The van der Waals surface area contributed by atoms with Crippen LogP contribution in [-0.4, -0.2) is 28.5 Å². The normalized spacial score (nSPS) is 20.7. The summed E-state index contributed by atoms with van der Waals surface area (Å²) >= 11 is 0. The molecule has 0 amide bonds. The molecule has 0 bridgehead atoms. The number of fused-ring (bicyclic) bond motifs is 1. The van der Waals surface area contributed by atoms with Gasteiger partial charge in [-0.25, -0.2) is 9.18 Å². The highest BCUT2D eigenvalue weighted by Crippen LogP contribution is 2.32. The van der Waals surface area contributed by atoms with Crippen LogP contribution < -0.4 is 5.69 Å². The number of nitrogens with zero attached hydrogens (tertiary/aromatic N) is 2. The Morgan fingerprint density at radius 1 is 1.50 bits per heavy atom. The molecule has 4 nitrogen and oxygen atoms in total. The molecular formula is C13H14FN3O. The molecule has 1 N–H and O–H groups in total. The van der Waals surface area contributed by atoms with Crippen LogP contribution in [0.1, 0.15) is 24.6 Å². The van der Waals surface area contributed by atoms with Gasteiger partial charge in [-0.15, -0.1) is 0 Å². The lowest BCUT2D eigenvalue weighted by Crippen LogP contribution is -2.22. The van der Waals surface area contributed by atoms with Gasteiger partial charge in [0.05, 0.1) is 11.6 Å². The van der Waals surface area contributed by atoms with E-state index in [1.807, 2.05) is 7.05 Å². The zero-order valence-electron chi connectivity index (χ0n) is 10.1. The minimum atomic E-state index is -0.414. The van der Waals surface area contributed by atoms with Crippen molar-refractivity contribution in [1.82, 2.24) is 14.9 Å². The molecule has 18 heavy (non-hydrogen) atoms. The van der Waals surface area contributed by atoms with Gasteiger partial charge < -0.3 is 4.98 Å². The average Bonchev–Trinajstić information content (AvgIpc) is 2.73. The molecule has 0 aliphatic carbocycles. The monoisotopic (exact) mass is 247 g/mol. The first-order chi connectivity index (χ1) is 8.65. The van der Waals surface area contributed by atoms with Gasteiger partial charge in [-0.1, -0.05) is 0 Å². The van der Waals surface area contributed by atoms with Gasteiger partial charge in [0.15, 0.2) is 0 Å². The minimum Gasteiger partial charge on any atom is -0.308 e. The van der Waals surface area contributed by atoms with Crippen molar-refractivity contribution in [3.8, 4) is 0 Å². The second-order valence-corrected chi connectivity index (χ2v) is 4.76. The van der Waals surface area contributed by atoms with Gasteiger partial charge in [0, 0.05) is 17.1 Å². The third kappa shape index (κ3) is 1.80. The number of nitrogens with one attached hydrogen (secondary N) is 1. The topological polar surface area (TPSA) is 49.0 Å². The Labute approximate surface area is 103 Å². The number of H-pyrrole nitrogens is 1. The highest BCUT2D eigenvalue weighted by molar-refractivity contribution is 5.81. The third-order valence-corrected chi connectivity index (χ3v) is 3.57. The highest BCUT2D eigenvalue weighted by atomic mass is 19.1. The van der Waals surface area contributed by atoms with Crippen molar-refractivity contribution in [2.75, 3.05) is 13.6 Å². The minimum absolute atomic E-state index is 0.189. The molecule has 0 saturated carbocycles. The van der Waals surface area contributed by atoms with Crippen LogP contribution in [0.4, 0.5) is 4.39 Å². The predicted octanol–water partition coefficient (Wildman–Crippen LogP) is 1.83. The van der Waals surface area contributed by atoms with E-state index in [1.54, 1.807) is 6.07 Å². The van der Waals surface area contributed by atoms with Gasteiger partial charge in [0.25, 0.3) is 0 Å². The second-order valence-electron chi connectivity index (χ2n) is 4.76. The summed E-state index contributed by atoms with van der Waals surface area (Å²) in [6, 6.07) is 4.59. The Bertz CT molecular complexity index is 652. The Morgan fingerprint density at radius 2 is 2.33 bits per heavy atom. The van der Waals surface area contributed by atoms with E-state index in [9.17, 15) is 9.18 Å². The molecule has 94 valence electrons. The van der Waals surface area contributed by atoms with Gasteiger partial charge in [-0.3, -0.25) is 4.90 Å². The standard InChI is InChI=1S/C13H14FN3O/c1-17-6-2-3-11(17)12-9-5-4-8(14)7-10(9)15-13(18)16-12/h4-5,7,11H,2-3,6H2,1H3,(H,15,16,18). The first-order valence-corrected chi connectivity index (χ1v) is 6.05. The summed E-state index contributed by atoms with van der Waals surface area (Å²) < 4.78 is 13.2. The lowest BCUT2D eigenvalue weighted by Gasteiger charge is -2.20. The zero-order valence-corrected chi connectivity index (χ0v) is 10.1. The predicted molar refractivity (Wildman–Crippen MR) is 66.9 cm³/mol. The van der Waals surface area contributed by atoms with Crippen LogP contribution in [0.5, 0.6) is 0 Å². The summed E-state index contributed by atoms with van der Waals surface area (Å²) in [4.78, 5) is 20.4. The summed E-state index contributed by atoms with van der Waals surface area (Å²) in [5.41, 5.74) is 0.863. The maximum absolute atomic E-state index is 13.2. The number of likely N-dealkylation sites (tertiary alicyclic amines) is 1. The number of benzene rings is 1. The smallest absolute Gasteiger partial charge is 0.308 e. The molecule has 0 radical (unpaired) electrons. The summed E-state index contributed by atoms with van der Waals surface area (Å²) in [7, 11) is 2.03. The maximum atomic E-state index is 13.2. The first kappa shape index (κ1) is 11.3. The van der Waals surface area contributed by atoms with Crippen molar-refractivity contribution in [2.45, 2.75) is 18.9 Å². The third-order valence-electron chi connectivity index (χ3n) is 3.57. The van der Waals surface area contributed by atoms with E-state index in [-0.39, 0.29) is 11.9 Å². The van der Waals surface area contributed by atoms with Crippen LogP contribution in [0.25, 0.3) is 10.9 Å². The summed E-state index contributed by atoms with van der Waals surface area (Å²) in [6.45, 7) is 1.01. The number of aromatic nitrogens is 2. The molecule has 1 aromatic heterocycles. The van der Waals surface area contributed by atoms with Gasteiger partial charge in [-0.2, -0.15) is 4.98 Å². The van der Waals surface area contributed by atoms with E-state index < -0.39 is 5.69 Å². The molecule has 0 spiro atoms. The van der Waals surface area contributed by atoms with E-state index >= 15 is 0 Å². The number of hydrogen-bond donors (Lipinski definition) is 1. The molecule has 2 aromatic rings. The van der Waals surface area contributed by atoms with Crippen LogP contribution in [0.15, 0.2) is 23.0 Å².